The van der Waals surface area contributed by atoms with Crippen molar-refractivity contribution in [2.45, 2.75) is 0 Å². The zero-order chi connectivity index (χ0) is 12.4. The summed E-state index contributed by atoms with van der Waals surface area (Å²) in [6.07, 6.45) is 1.26. The lowest BCUT2D eigenvalue weighted by Gasteiger charge is -2.04. The minimum atomic E-state index is -0.618. The lowest BCUT2D eigenvalue weighted by molar-refractivity contribution is 0.100. The van der Waals surface area contributed by atoms with Gasteiger partial charge in [-0.25, -0.2) is 9.36 Å². The summed E-state index contributed by atoms with van der Waals surface area (Å²) in [5.74, 6) is -0.618. The number of hydrogen-bond donors (Lipinski definition) is 2. The van der Waals surface area contributed by atoms with Crippen molar-refractivity contribution >= 4 is 5.91 Å². The molecule has 17 heavy (non-hydrogen) atoms. The molecule has 1 amide bonds. The van der Waals surface area contributed by atoms with Gasteiger partial charge in [0.15, 0.2) is 0 Å². The van der Waals surface area contributed by atoms with E-state index in [0.717, 1.165) is 4.57 Å². The number of benzene rings is 1. The molecule has 1 aromatic carbocycles. The van der Waals surface area contributed by atoms with E-state index in [1.54, 1.807) is 12.1 Å². The Bertz CT molecular complexity index is 656. The van der Waals surface area contributed by atoms with Gasteiger partial charge in [0.2, 0.25) is 5.91 Å². The second-order valence-electron chi connectivity index (χ2n) is 3.37. The molecule has 0 saturated carbocycles. The summed E-state index contributed by atoms with van der Waals surface area (Å²) in [5, 5.41) is 0. The van der Waals surface area contributed by atoms with Crippen molar-refractivity contribution in [1.29, 1.82) is 0 Å². The van der Waals surface area contributed by atoms with Crippen LogP contribution in [0.25, 0.3) is 5.69 Å². The third-order valence-electron chi connectivity index (χ3n) is 2.25. The molecule has 0 unspecified atom stereocenters. The highest BCUT2D eigenvalue weighted by Crippen LogP contribution is 2.06. The first-order valence-electron chi connectivity index (χ1n) is 4.80. The second kappa shape index (κ2) is 4.09. The molecule has 3 N–H and O–H groups in total. The lowest BCUT2D eigenvalue weighted by atomic mass is 10.2. The van der Waals surface area contributed by atoms with Gasteiger partial charge in [0.1, 0.15) is 0 Å². The summed E-state index contributed by atoms with van der Waals surface area (Å²) in [6.45, 7) is 0. The van der Waals surface area contributed by atoms with Crippen molar-refractivity contribution in [2.75, 3.05) is 0 Å². The summed E-state index contributed by atoms with van der Waals surface area (Å²) in [4.78, 5) is 36.4. The molecular weight excluding hydrogens is 222 g/mol. The van der Waals surface area contributed by atoms with Gasteiger partial charge in [-0.05, 0) is 18.2 Å². The average molecular weight is 231 g/mol. The molecule has 2 rings (SSSR count). The van der Waals surface area contributed by atoms with Crippen LogP contribution in [0.15, 0.2) is 46.1 Å². The molecule has 0 atom stereocenters. The number of nitrogens with one attached hydrogen (secondary N) is 1. The maximum Gasteiger partial charge on any atom is 0.332 e. The standard InChI is InChI=1S/C11H9N3O3/c12-10(16)7-2-1-3-8(6-7)14-9(15)4-5-13-11(14)17/h1-6H,(H2,12,16)(H,13,17). The van der Waals surface area contributed by atoms with Gasteiger partial charge in [0, 0.05) is 17.8 Å². The number of rotatable bonds is 2. The van der Waals surface area contributed by atoms with E-state index in [9.17, 15) is 14.4 Å². The average Bonchev–Trinajstić information content (AvgIpc) is 2.29. The van der Waals surface area contributed by atoms with Gasteiger partial charge >= 0.3 is 5.69 Å². The molecular formula is C11H9N3O3. The number of hydrogen-bond acceptors (Lipinski definition) is 3. The molecule has 1 heterocycles. The van der Waals surface area contributed by atoms with Crippen molar-refractivity contribution in [3.8, 4) is 5.69 Å². The maximum absolute atomic E-state index is 11.5. The predicted octanol–water partition coefficient (Wildman–Crippen LogP) is -0.375. The number of carbonyl (C=O) groups is 1. The van der Waals surface area contributed by atoms with E-state index in [0.29, 0.717) is 5.69 Å². The van der Waals surface area contributed by atoms with Crippen molar-refractivity contribution in [2.24, 2.45) is 5.73 Å². The Labute approximate surface area is 95.3 Å². The fraction of sp³-hybridized carbons (Fsp3) is 0. The minimum absolute atomic E-state index is 0.234. The first kappa shape index (κ1) is 10.9. The highest BCUT2D eigenvalue weighted by Gasteiger charge is 2.06. The van der Waals surface area contributed by atoms with Crippen molar-refractivity contribution in [3.63, 3.8) is 0 Å². The molecule has 0 aliphatic rings. The fourth-order valence-corrected chi connectivity index (χ4v) is 1.47. The summed E-state index contributed by atoms with van der Waals surface area (Å²) in [5.41, 5.74) is 4.61. The summed E-state index contributed by atoms with van der Waals surface area (Å²) in [6, 6.07) is 7.21. The zero-order valence-corrected chi connectivity index (χ0v) is 8.71. The first-order chi connectivity index (χ1) is 8.09. The van der Waals surface area contributed by atoms with Crippen molar-refractivity contribution < 1.29 is 4.79 Å². The third-order valence-corrected chi connectivity index (χ3v) is 2.25. The molecule has 6 nitrogen and oxygen atoms in total. The molecule has 6 heteroatoms. The van der Waals surface area contributed by atoms with Gasteiger partial charge in [-0.1, -0.05) is 6.07 Å². The Kier molecular flexibility index (Phi) is 2.61. The van der Waals surface area contributed by atoms with E-state index >= 15 is 0 Å². The van der Waals surface area contributed by atoms with Gasteiger partial charge in [-0.3, -0.25) is 9.59 Å². The van der Waals surface area contributed by atoms with Crippen LogP contribution in [-0.4, -0.2) is 15.5 Å². The largest absolute Gasteiger partial charge is 0.366 e. The van der Waals surface area contributed by atoms with Gasteiger partial charge in [-0.2, -0.15) is 0 Å². The van der Waals surface area contributed by atoms with Crippen LogP contribution in [0, 0.1) is 0 Å². The molecule has 0 aliphatic heterocycles. The molecule has 0 bridgehead atoms. The zero-order valence-electron chi connectivity index (χ0n) is 8.71. The van der Waals surface area contributed by atoms with Crippen molar-refractivity contribution in [1.82, 2.24) is 9.55 Å². The van der Waals surface area contributed by atoms with E-state index in [4.69, 9.17) is 5.73 Å². The number of aromatic nitrogens is 2. The number of aromatic amines is 1. The predicted molar refractivity (Wildman–Crippen MR) is 61.2 cm³/mol. The van der Waals surface area contributed by atoms with Crippen LogP contribution >= 0.6 is 0 Å². The minimum Gasteiger partial charge on any atom is -0.366 e. The van der Waals surface area contributed by atoms with Crippen LogP contribution < -0.4 is 17.0 Å². The molecule has 0 saturated heterocycles. The van der Waals surface area contributed by atoms with Crippen LogP contribution in [-0.2, 0) is 0 Å². The second-order valence-corrected chi connectivity index (χ2v) is 3.37. The lowest BCUT2D eigenvalue weighted by Crippen LogP contribution is -2.32. The van der Waals surface area contributed by atoms with E-state index in [1.807, 2.05) is 0 Å². The number of amides is 1. The maximum atomic E-state index is 11.5. The molecule has 86 valence electrons. The number of H-pyrrole nitrogens is 1. The molecule has 1 aromatic heterocycles. The molecule has 2 aromatic rings. The number of primary amides is 1. The van der Waals surface area contributed by atoms with Gasteiger partial charge < -0.3 is 10.7 Å². The van der Waals surface area contributed by atoms with Crippen LogP contribution in [0.1, 0.15) is 10.4 Å². The van der Waals surface area contributed by atoms with E-state index in [1.165, 1.54) is 24.4 Å². The fourth-order valence-electron chi connectivity index (χ4n) is 1.47. The highest BCUT2D eigenvalue weighted by atomic mass is 16.2. The smallest absolute Gasteiger partial charge is 0.332 e. The Balaban J connectivity index is 2.69. The monoisotopic (exact) mass is 231 g/mol. The van der Waals surface area contributed by atoms with Gasteiger partial charge in [0.05, 0.1) is 5.69 Å². The number of nitrogens with zero attached hydrogens (tertiary/aromatic N) is 1. The topological polar surface area (TPSA) is 97.9 Å². The Morgan fingerprint density at radius 3 is 2.65 bits per heavy atom. The van der Waals surface area contributed by atoms with Gasteiger partial charge in [-0.15, -0.1) is 0 Å². The molecule has 0 fully saturated rings. The quantitative estimate of drug-likeness (QED) is 0.737. The van der Waals surface area contributed by atoms with Crippen LogP contribution in [0.4, 0.5) is 0 Å². The van der Waals surface area contributed by atoms with E-state index < -0.39 is 17.2 Å². The van der Waals surface area contributed by atoms with Gasteiger partial charge in [0.25, 0.3) is 5.56 Å². The van der Waals surface area contributed by atoms with E-state index in [-0.39, 0.29) is 5.56 Å². The number of carbonyl (C=O) groups excluding carboxylic acids is 1. The van der Waals surface area contributed by atoms with Crippen LogP contribution in [0.3, 0.4) is 0 Å². The summed E-state index contributed by atoms with van der Waals surface area (Å²) >= 11 is 0. The molecule has 0 aliphatic carbocycles. The summed E-state index contributed by atoms with van der Waals surface area (Å²) < 4.78 is 0.923. The molecule has 0 spiro atoms. The Hall–Kier alpha value is -2.63. The number of nitrogens with two attached hydrogens (primary N) is 1. The SMILES string of the molecule is NC(=O)c1cccc(-n2c(=O)cc[nH]c2=O)c1. The first-order valence-corrected chi connectivity index (χ1v) is 4.80. The normalized spacial score (nSPS) is 10.1. The Morgan fingerprint density at radius 1 is 1.24 bits per heavy atom. The highest BCUT2D eigenvalue weighted by molar-refractivity contribution is 5.93. The summed E-state index contributed by atoms with van der Waals surface area (Å²) in [7, 11) is 0. The molecule has 0 radical (unpaired) electrons. The third kappa shape index (κ3) is 2.00. The van der Waals surface area contributed by atoms with Crippen molar-refractivity contribution in [3.05, 3.63) is 62.9 Å². The Morgan fingerprint density at radius 2 is 2.00 bits per heavy atom. The van der Waals surface area contributed by atoms with Crippen LogP contribution in [0.5, 0.6) is 0 Å². The van der Waals surface area contributed by atoms with E-state index in [2.05, 4.69) is 4.98 Å². The van der Waals surface area contributed by atoms with Crippen LogP contribution in [0.2, 0.25) is 0 Å².